The highest BCUT2D eigenvalue weighted by Gasteiger charge is 2.52. The summed E-state index contributed by atoms with van der Waals surface area (Å²) < 4.78 is 16.3. The topological polar surface area (TPSA) is 85.4 Å². The van der Waals surface area contributed by atoms with Gasteiger partial charge in [-0.05, 0) is 38.3 Å². The molecule has 0 aromatic heterocycles. The molecule has 0 aromatic rings. The summed E-state index contributed by atoms with van der Waals surface area (Å²) in [6.07, 6.45) is 4.65. The first kappa shape index (κ1) is 17.9. The molecule has 1 aliphatic carbocycles. The first-order chi connectivity index (χ1) is 11.8. The highest BCUT2D eigenvalue weighted by molar-refractivity contribution is 5.91. The summed E-state index contributed by atoms with van der Waals surface area (Å²) in [5.41, 5.74) is 1.27. The molecule has 1 N–H and O–H groups in total. The summed E-state index contributed by atoms with van der Waals surface area (Å²) in [5.74, 6) is -1.39. The van der Waals surface area contributed by atoms with Crippen molar-refractivity contribution in [3.05, 3.63) is 35.5 Å². The molecule has 3 rings (SSSR count). The first-order valence-corrected chi connectivity index (χ1v) is 8.55. The average molecular weight is 348 g/mol. The van der Waals surface area contributed by atoms with Gasteiger partial charge in [0.15, 0.2) is 5.60 Å². The number of ether oxygens (including phenoxy) is 3. The number of carbonyl (C=O) groups is 2. The molecule has 6 heteroatoms. The molecule has 0 spiro atoms. The smallest absolute Gasteiger partial charge is 0.340 e. The van der Waals surface area contributed by atoms with E-state index in [0.29, 0.717) is 25.0 Å². The molecule has 2 aliphatic heterocycles. The van der Waals surface area contributed by atoms with E-state index >= 15 is 0 Å². The van der Waals surface area contributed by atoms with Crippen LogP contribution >= 0.6 is 0 Å². The third-order valence-electron chi connectivity index (χ3n) is 5.01. The van der Waals surface area contributed by atoms with Crippen LogP contribution in [0, 0.1) is 5.92 Å². The zero-order valence-corrected chi connectivity index (χ0v) is 14.6. The lowest BCUT2D eigenvalue weighted by Gasteiger charge is -2.28. The third kappa shape index (κ3) is 3.70. The van der Waals surface area contributed by atoms with Crippen molar-refractivity contribution < 1.29 is 28.9 Å². The Bertz CT molecular complexity index is 655. The monoisotopic (exact) mass is 348 g/mol. The predicted molar refractivity (Wildman–Crippen MR) is 89.5 cm³/mol. The Morgan fingerprint density at radius 3 is 2.88 bits per heavy atom. The summed E-state index contributed by atoms with van der Waals surface area (Å²) in [4.78, 5) is 24.4. The minimum absolute atomic E-state index is 0.101. The lowest BCUT2D eigenvalue weighted by Crippen LogP contribution is -2.37. The molecule has 0 saturated carbocycles. The Morgan fingerprint density at radius 2 is 2.24 bits per heavy atom. The van der Waals surface area contributed by atoms with Gasteiger partial charge in [-0.1, -0.05) is 18.2 Å². The van der Waals surface area contributed by atoms with Gasteiger partial charge < -0.3 is 19.3 Å². The highest BCUT2D eigenvalue weighted by atomic mass is 16.6. The van der Waals surface area contributed by atoms with Crippen molar-refractivity contribution in [2.75, 3.05) is 13.2 Å². The van der Waals surface area contributed by atoms with E-state index in [2.05, 4.69) is 12.7 Å². The van der Waals surface area contributed by atoms with Crippen molar-refractivity contribution in [1.82, 2.24) is 0 Å². The molecule has 4 atom stereocenters. The molecule has 2 saturated heterocycles. The summed E-state index contributed by atoms with van der Waals surface area (Å²) in [6, 6.07) is 0. The molecule has 6 nitrogen and oxygen atoms in total. The fourth-order valence-electron chi connectivity index (χ4n) is 3.26. The molecule has 2 heterocycles. The predicted octanol–water partition coefficient (Wildman–Crippen LogP) is 1.83. The number of aliphatic hydroxyl groups is 1. The molecule has 3 aliphatic rings. The van der Waals surface area contributed by atoms with Crippen LogP contribution in [0.5, 0.6) is 0 Å². The van der Waals surface area contributed by atoms with Crippen LogP contribution in [-0.4, -0.2) is 48.1 Å². The summed E-state index contributed by atoms with van der Waals surface area (Å²) in [6.45, 7) is 7.74. The van der Waals surface area contributed by atoms with Gasteiger partial charge in [-0.2, -0.15) is 0 Å². The van der Waals surface area contributed by atoms with Crippen LogP contribution in [0.4, 0.5) is 0 Å². The molecular formula is C19H24O6. The van der Waals surface area contributed by atoms with Gasteiger partial charge in [0, 0.05) is 12.0 Å². The molecule has 0 aromatic carbocycles. The van der Waals surface area contributed by atoms with Crippen molar-refractivity contribution in [2.24, 2.45) is 5.92 Å². The Labute approximate surface area is 147 Å². The molecule has 0 amide bonds. The van der Waals surface area contributed by atoms with Gasteiger partial charge in [-0.3, -0.25) is 0 Å². The number of fused-ring (bicyclic) bond motifs is 1. The summed E-state index contributed by atoms with van der Waals surface area (Å²) >= 11 is 0. The first-order valence-electron chi connectivity index (χ1n) is 8.55. The normalized spacial score (nSPS) is 35.2. The van der Waals surface area contributed by atoms with Gasteiger partial charge >= 0.3 is 11.9 Å². The van der Waals surface area contributed by atoms with Crippen molar-refractivity contribution in [3.8, 4) is 0 Å². The van der Waals surface area contributed by atoms with Gasteiger partial charge in [-0.25, -0.2) is 9.59 Å². The van der Waals surface area contributed by atoms with Crippen molar-refractivity contribution in [3.63, 3.8) is 0 Å². The van der Waals surface area contributed by atoms with Crippen LogP contribution in [0.15, 0.2) is 35.5 Å². The zero-order valence-electron chi connectivity index (χ0n) is 14.6. The van der Waals surface area contributed by atoms with Crippen LogP contribution in [0.3, 0.4) is 0 Å². The molecule has 25 heavy (non-hydrogen) atoms. The average Bonchev–Trinajstić information content (AvgIpc) is 3.25. The summed E-state index contributed by atoms with van der Waals surface area (Å²) in [5, 5.41) is 9.56. The fraction of sp³-hybridized carbons (Fsp3) is 0.579. The number of epoxide rings is 1. The standard InChI is InChI=1S/C19H24O6/c1-11-5-4-6-13(9-20)8-15-16(12(2)17(21)24-15)14(7-11)25-18(22)19(3)10-23-19/h5,8,14-16,20H,2,4,6-7,9-10H2,1,3H3. The van der Waals surface area contributed by atoms with Gasteiger partial charge in [-0.15, -0.1) is 0 Å². The number of aliphatic hydroxyl groups excluding tert-OH is 1. The molecule has 0 radical (unpaired) electrons. The largest absolute Gasteiger partial charge is 0.459 e. The van der Waals surface area contributed by atoms with E-state index in [4.69, 9.17) is 14.2 Å². The fourth-order valence-corrected chi connectivity index (χ4v) is 3.26. The minimum atomic E-state index is -0.890. The van der Waals surface area contributed by atoms with Gasteiger partial charge in [0.05, 0.1) is 19.1 Å². The number of hydrogen-bond acceptors (Lipinski definition) is 6. The van der Waals surface area contributed by atoms with Crippen LogP contribution in [0.2, 0.25) is 0 Å². The Kier molecular flexibility index (Phi) is 4.84. The van der Waals surface area contributed by atoms with Crippen LogP contribution in [0.25, 0.3) is 0 Å². The number of rotatable bonds is 3. The number of hydrogen-bond donors (Lipinski definition) is 1. The van der Waals surface area contributed by atoms with Crippen LogP contribution in [-0.2, 0) is 23.8 Å². The second kappa shape index (κ2) is 6.77. The third-order valence-corrected chi connectivity index (χ3v) is 5.01. The zero-order chi connectivity index (χ0) is 18.2. The minimum Gasteiger partial charge on any atom is -0.459 e. The SMILES string of the molecule is C=C1C(=O)OC2C=C(CO)CCC=C(C)CC(OC(=O)C3(C)CO3)C12. The van der Waals surface area contributed by atoms with Gasteiger partial charge in [0.1, 0.15) is 12.2 Å². The number of allylic oxidation sites excluding steroid dienone is 1. The molecular weight excluding hydrogens is 324 g/mol. The maximum absolute atomic E-state index is 12.4. The molecule has 2 fully saturated rings. The maximum atomic E-state index is 12.4. The van der Waals surface area contributed by atoms with Crippen LogP contribution in [0.1, 0.15) is 33.1 Å². The molecule has 136 valence electrons. The Hall–Kier alpha value is -1.92. The number of esters is 2. The second-order valence-electron chi connectivity index (χ2n) is 7.16. The second-order valence-corrected chi connectivity index (χ2v) is 7.16. The van der Waals surface area contributed by atoms with E-state index in [0.717, 1.165) is 17.6 Å². The van der Waals surface area contributed by atoms with Crippen molar-refractivity contribution in [2.45, 2.75) is 50.9 Å². The van der Waals surface area contributed by atoms with E-state index < -0.39 is 35.7 Å². The highest BCUT2D eigenvalue weighted by Crippen LogP contribution is 2.38. The Morgan fingerprint density at radius 1 is 1.52 bits per heavy atom. The lowest BCUT2D eigenvalue weighted by molar-refractivity contribution is -0.157. The van der Waals surface area contributed by atoms with Crippen molar-refractivity contribution >= 4 is 11.9 Å². The van der Waals surface area contributed by atoms with E-state index in [1.54, 1.807) is 13.0 Å². The van der Waals surface area contributed by atoms with Gasteiger partial charge in [0.25, 0.3) is 0 Å². The van der Waals surface area contributed by atoms with E-state index in [1.807, 2.05) is 6.92 Å². The maximum Gasteiger partial charge on any atom is 0.340 e. The number of carbonyl (C=O) groups excluding carboxylic acids is 2. The van der Waals surface area contributed by atoms with E-state index in [-0.39, 0.29) is 6.61 Å². The summed E-state index contributed by atoms with van der Waals surface area (Å²) in [7, 11) is 0. The van der Waals surface area contributed by atoms with Crippen molar-refractivity contribution in [1.29, 1.82) is 0 Å². The lowest BCUT2D eigenvalue weighted by atomic mass is 9.85. The Balaban J connectivity index is 1.92. The van der Waals surface area contributed by atoms with Crippen LogP contribution < -0.4 is 0 Å². The van der Waals surface area contributed by atoms with E-state index in [9.17, 15) is 14.7 Å². The van der Waals surface area contributed by atoms with Gasteiger partial charge in [0.2, 0.25) is 0 Å². The molecule has 0 bridgehead atoms. The molecule has 4 unspecified atom stereocenters. The quantitative estimate of drug-likeness (QED) is 0.362. The van der Waals surface area contributed by atoms with E-state index in [1.165, 1.54) is 0 Å².